The van der Waals surface area contributed by atoms with Crippen LogP contribution < -0.4 is 5.32 Å². The first-order valence-corrected chi connectivity index (χ1v) is 7.70. The third-order valence-electron chi connectivity index (χ3n) is 2.86. The van der Waals surface area contributed by atoms with Crippen molar-refractivity contribution in [3.8, 4) is 6.07 Å². The SMILES string of the molecule is N#CCc1ccc(NC(=O)CCSc2ccccc2)cc1. The number of hydrogen-bond donors (Lipinski definition) is 1. The molecule has 2 aromatic carbocycles. The van der Waals surface area contributed by atoms with Crippen molar-refractivity contribution in [2.24, 2.45) is 0 Å². The van der Waals surface area contributed by atoms with Gasteiger partial charge in [-0.3, -0.25) is 4.79 Å². The van der Waals surface area contributed by atoms with Crippen molar-refractivity contribution in [2.45, 2.75) is 17.7 Å². The number of carbonyl (C=O) groups excluding carboxylic acids is 1. The molecule has 0 fully saturated rings. The molecule has 0 bridgehead atoms. The minimum Gasteiger partial charge on any atom is -0.326 e. The number of hydrogen-bond acceptors (Lipinski definition) is 3. The van der Waals surface area contributed by atoms with Crippen LogP contribution in [0, 0.1) is 11.3 Å². The lowest BCUT2D eigenvalue weighted by atomic mass is 10.1. The fourth-order valence-electron chi connectivity index (χ4n) is 1.80. The molecule has 2 aromatic rings. The van der Waals surface area contributed by atoms with E-state index < -0.39 is 0 Å². The van der Waals surface area contributed by atoms with Gasteiger partial charge in [-0.1, -0.05) is 30.3 Å². The molecule has 0 atom stereocenters. The first-order valence-electron chi connectivity index (χ1n) is 6.71. The predicted octanol–water partition coefficient (Wildman–Crippen LogP) is 3.87. The van der Waals surface area contributed by atoms with Gasteiger partial charge in [-0.25, -0.2) is 0 Å². The molecular weight excluding hydrogens is 280 g/mol. The van der Waals surface area contributed by atoms with Crippen LogP contribution in [0.25, 0.3) is 0 Å². The highest BCUT2D eigenvalue weighted by Crippen LogP contribution is 2.18. The molecule has 0 spiro atoms. The second-order valence-corrected chi connectivity index (χ2v) is 5.66. The quantitative estimate of drug-likeness (QED) is 0.823. The molecular formula is C17H16N2OS. The number of nitrogens with zero attached hydrogens (tertiary/aromatic N) is 1. The monoisotopic (exact) mass is 296 g/mol. The van der Waals surface area contributed by atoms with Crippen molar-refractivity contribution < 1.29 is 4.79 Å². The fraction of sp³-hybridized carbons (Fsp3) is 0.176. The molecule has 0 aliphatic heterocycles. The van der Waals surface area contributed by atoms with E-state index in [1.54, 1.807) is 11.8 Å². The topological polar surface area (TPSA) is 52.9 Å². The second kappa shape index (κ2) is 8.13. The maximum absolute atomic E-state index is 11.8. The first-order chi connectivity index (χ1) is 10.3. The third-order valence-corrected chi connectivity index (χ3v) is 3.88. The highest BCUT2D eigenvalue weighted by Gasteiger charge is 2.03. The Hall–Kier alpha value is -2.25. The second-order valence-electron chi connectivity index (χ2n) is 4.49. The van der Waals surface area contributed by atoms with Gasteiger partial charge in [0.25, 0.3) is 0 Å². The minimum absolute atomic E-state index is 0.00599. The Bertz CT molecular complexity index is 617. The van der Waals surface area contributed by atoms with Crippen molar-refractivity contribution in [2.75, 3.05) is 11.1 Å². The Labute approximate surface area is 129 Å². The minimum atomic E-state index is 0.00599. The summed E-state index contributed by atoms with van der Waals surface area (Å²) in [6.45, 7) is 0. The molecule has 21 heavy (non-hydrogen) atoms. The van der Waals surface area contributed by atoms with E-state index in [9.17, 15) is 4.79 Å². The highest BCUT2D eigenvalue weighted by atomic mass is 32.2. The molecule has 0 radical (unpaired) electrons. The summed E-state index contributed by atoms with van der Waals surface area (Å²) in [4.78, 5) is 13.0. The molecule has 0 saturated heterocycles. The van der Waals surface area contributed by atoms with Gasteiger partial charge in [-0.15, -0.1) is 11.8 Å². The van der Waals surface area contributed by atoms with Gasteiger partial charge in [-0.05, 0) is 29.8 Å². The molecule has 2 rings (SSSR count). The van der Waals surface area contributed by atoms with Crippen molar-refractivity contribution in [1.82, 2.24) is 0 Å². The molecule has 0 aliphatic rings. The molecule has 0 unspecified atom stereocenters. The van der Waals surface area contributed by atoms with Gasteiger partial charge >= 0.3 is 0 Å². The Morgan fingerprint density at radius 2 is 1.81 bits per heavy atom. The Morgan fingerprint density at radius 3 is 2.48 bits per heavy atom. The van der Waals surface area contributed by atoms with Crippen molar-refractivity contribution in [3.05, 3.63) is 60.2 Å². The van der Waals surface area contributed by atoms with Crippen LogP contribution >= 0.6 is 11.8 Å². The van der Waals surface area contributed by atoms with Gasteiger partial charge in [0.2, 0.25) is 5.91 Å². The average Bonchev–Trinajstić information content (AvgIpc) is 2.51. The molecule has 0 aromatic heterocycles. The lowest BCUT2D eigenvalue weighted by molar-refractivity contribution is -0.115. The van der Waals surface area contributed by atoms with Crippen LogP contribution in [-0.2, 0) is 11.2 Å². The molecule has 0 saturated carbocycles. The number of anilines is 1. The Morgan fingerprint density at radius 1 is 1.10 bits per heavy atom. The van der Waals surface area contributed by atoms with E-state index >= 15 is 0 Å². The summed E-state index contributed by atoms with van der Waals surface area (Å²) in [5.74, 6) is 0.758. The summed E-state index contributed by atoms with van der Waals surface area (Å²) < 4.78 is 0. The van der Waals surface area contributed by atoms with Crippen LogP contribution in [0.4, 0.5) is 5.69 Å². The summed E-state index contributed by atoms with van der Waals surface area (Å²) in [7, 11) is 0. The number of nitrogens with one attached hydrogen (secondary N) is 1. The zero-order valence-corrected chi connectivity index (χ0v) is 12.4. The summed E-state index contributed by atoms with van der Waals surface area (Å²) in [5, 5.41) is 11.5. The van der Waals surface area contributed by atoms with Crippen LogP contribution in [0.1, 0.15) is 12.0 Å². The van der Waals surface area contributed by atoms with E-state index in [0.717, 1.165) is 17.0 Å². The predicted molar refractivity (Wildman–Crippen MR) is 86.2 cm³/mol. The zero-order valence-electron chi connectivity index (χ0n) is 11.6. The van der Waals surface area contributed by atoms with Gasteiger partial charge in [0, 0.05) is 22.8 Å². The number of rotatable bonds is 6. The maximum Gasteiger partial charge on any atom is 0.225 e. The molecule has 0 aliphatic carbocycles. The maximum atomic E-state index is 11.8. The van der Waals surface area contributed by atoms with E-state index in [4.69, 9.17) is 5.26 Å². The smallest absolute Gasteiger partial charge is 0.225 e. The summed E-state index contributed by atoms with van der Waals surface area (Å²) >= 11 is 1.67. The van der Waals surface area contributed by atoms with Gasteiger partial charge in [0.05, 0.1) is 12.5 Å². The van der Waals surface area contributed by atoms with Crippen molar-refractivity contribution in [3.63, 3.8) is 0 Å². The Kier molecular flexibility index (Phi) is 5.86. The van der Waals surface area contributed by atoms with Crippen molar-refractivity contribution >= 4 is 23.4 Å². The fourth-order valence-corrected chi connectivity index (χ4v) is 2.67. The molecule has 0 heterocycles. The van der Waals surface area contributed by atoms with Crippen LogP contribution in [-0.4, -0.2) is 11.7 Å². The highest BCUT2D eigenvalue weighted by molar-refractivity contribution is 7.99. The van der Waals surface area contributed by atoms with Crippen LogP contribution in [0.15, 0.2) is 59.5 Å². The van der Waals surface area contributed by atoms with Gasteiger partial charge in [-0.2, -0.15) is 5.26 Å². The zero-order chi connectivity index (χ0) is 14.9. The number of amides is 1. The van der Waals surface area contributed by atoms with E-state index in [2.05, 4.69) is 11.4 Å². The lowest BCUT2D eigenvalue weighted by Crippen LogP contribution is -2.12. The number of thioether (sulfide) groups is 1. The Balaban J connectivity index is 1.75. The average molecular weight is 296 g/mol. The van der Waals surface area contributed by atoms with Crippen LogP contribution in [0.3, 0.4) is 0 Å². The molecule has 106 valence electrons. The van der Waals surface area contributed by atoms with E-state index in [1.165, 1.54) is 4.90 Å². The summed E-state index contributed by atoms with van der Waals surface area (Å²) in [6.07, 6.45) is 0.863. The number of carbonyl (C=O) groups is 1. The van der Waals surface area contributed by atoms with Gasteiger partial charge in [0.1, 0.15) is 0 Å². The lowest BCUT2D eigenvalue weighted by Gasteiger charge is -2.06. The standard InChI is InChI=1S/C17H16N2OS/c18-12-10-14-6-8-15(9-7-14)19-17(20)11-13-21-16-4-2-1-3-5-16/h1-9H,10-11,13H2,(H,19,20). The summed E-state index contributed by atoms with van der Waals surface area (Å²) in [5.41, 5.74) is 1.72. The molecule has 1 amide bonds. The normalized spacial score (nSPS) is 9.86. The molecule has 4 heteroatoms. The first kappa shape index (κ1) is 15.1. The number of benzene rings is 2. The largest absolute Gasteiger partial charge is 0.326 e. The number of nitriles is 1. The molecule has 3 nitrogen and oxygen atoms in total. The van der Waals surface area contributed by atoms with E-state index in [1.807, 2.05) is 54.6 Å². The summed E-state index contributed by atoms with van der Waals surface area (Å²) in [6, 6.07) is 19.5. The van der Waals surface area contributed by atoms with Crippen LogP contribution in [0.2, 0.25) is 0 Å². The van der Waals surface area contributed by atoms with E-state index in [-0.39, 0.29) is 5.91 Å². The molecule has 1 N–H and O–H groups in total. The van der Waals surface area contributed by atoms with Crippen molar-refractivity contribution in [1.29, 1.82) is 5.26 Å². The van der Waals surface area contributed by atoms with Gasteiger partial charge in [0.15, 0.2) is 0 Å². The van der Waals surface area contributed by atoms with E-state index in [0.29, 0.717) is 12.8 Å². The van der Waals surface area contributed by atoms with Gasteiger partial charge < -0.3 is 5.32 Å². The van der Waals surface area contributed by atoms with Crippen LogP contribution in [0.5, 0.6) is 0 Å². The third kappa shape index (κ3) is 5.33.